The number of carboxylic acid groups (broad SMARTS) is 1. The van der Waals surface area contributed by atoms with Gasteiger partial charge in [0.15, 0.2) is 17.7 Å². The molecule has 4 fully saturated rings. The molecule has 2 aromatic carbocycles. The first-order valence-corrected chi connectivity index (χ1v) is 26.2. The second-order valence-corrected chi connectivity index (χ2v) is 22.4. The first-order valence-electron chi connectivity index (χ1n) is 25.2. The summed E-state index contributed by atoms with van der Waals surface area (Å²) in [6, 6.07) is 13.2. The minimum atomic E-state index is -1.41. The molecule has 1 saturated heterocycles. The van der Waals surface area contributed by atoms with E-state index in [1.165, 1.54) is 36.8 Å². The highest BCUT2D eigenvalue weighted by atomic mass is 32.2. The molecule has 384 valence electrons. The third-order valence-corrected chi connectivity index (χ3v) is 17.4. The fraction of sp³-hybridized carbons (Fsp3) is 0.564. The molecule has 16 heteroatoms. The fourth-order valence-corrected chi connectivity index (χ4v) is 13.8. The molecule has 3 saturated carbocycles. The van der Waals surface area contributed by atoms with Gasteiger partial charge in [-0.3, -0.25) is 28.8 Å². The van der Waals surface area contributed by atoms with E-state index in [4.69, 9.17) is 9.47 Å². The maximum absolute atomic E-state index is 14.0. The molecule has 4 aliphatic carbocycles. The van der Waals surface area contributed by atoms with E-state index in [1.807, 2.05) is 63.2 Å². The van der Waals surface area contributed by atoms with Crippen molar-refractivity contribution in [2.75, 3.05) is 18.5 Å². The number of anilines is 1. The van der Waals surface area contributed by atoms with Crippen molar-refractivity contribution in [3.63, 3.8) is 0 Å². The third kappa shape index (κ3) is 11.1. The zero-order chi connectivity index (χ0) is 51.4. The number of aliphatic carboxylic acids is 1. The number of aliphatic hydroxyl groups excluding tert-OH is 2. The zero-order valence-electron chi connectivity index (χ0n) is 42.0. The molecule has 4 amide bonds. The van der Waals surface area contributed by atoms with Gasteiger partial charge in [-0.2, -0.15) is 0 Å². The second-order valence-electron chi connectivity index (χ2n) is 20.7. The molecule has 15 nitrogen and oxygen atoms in total. The van der Waals surface area contributed by atoms with E-state index in [0.29, 0.717) is 24.9 Å². The van der Waals surface area contributed by atoms with Crippen LogP contribution < -0.4 is 21.3 Å². The highest BCUT2D eigenvalue weighted by Crippen LogP contribution is 2.70. The van der Waals surface area contributed by atoms with Crippen LogP contribution in [0.25, 0.3) is 0 Å². The Morgan fingerprint density at radius 1 is 0.958 bits per heavy atom. The Bertz CT molecular complexity index is 2440. The van der Waals surface area contributed by atoms with Crippen molar-refractivity contribution in [2.45, 2.75) is 153 Å². The minimum Gasteiger partial charge on any atom is -0.481 e. The lowest BCUT2D eigenvalue weighted by Gasteiger charge is -2.59. The number of carbonyl (C=O) groups is 6. The molecule has 13 atom stereocenters. The minimum absolute atomic E-state index is 0.0104. The van der Waals surface area contributed by atoms with Gasteiger partial charge in [-0.1, -0.05) is 100 Å². The van der Waals surface area contributed by atoms with Gasteiger partial charge in [-0.05, 0) is 100.0 Å². The molecular formula is C55H72N4O11S. The zero-order valence-corrected chi connectivity index (χ0v) is 42.8. The molecule has 7 N–H and O–H groups in total. The highest BCUT2D eigenvalue weighted by molar-refractivity contribution is 8.01. The number of Topliss-reactive ketones (excluding diaryl/α,β-unsaturated/α-hetero) is 1. The van der Waals surface area contributed by atoms with Crippen molar-refractivity contribution in [2.24, 2.45) is 28.6 Å². The van der Waals surface area contributed by atoms with E-state index in [-0.39, 0.29) is 47.8 Å². The topological polar surface area (TPSA) is 230 Å². The molecule has 1 aliphatic heterocycles. The average molecular weight is 997 g/mol. The summed E-state index contributed by atoms with van der Waals surface area (Å²) >= 11 is 1.29. The molecule has 0 aromatic heterocycles. The molecule has 0 radical (unpaired) electrons. The van der Waals surface area contributed by atoms with E-state index < -0.39 is 88.8 Å². The summed E-state index contributed by atoms with van der Waals surface area (Å²) in [5.74, 6) is -3.31. The maximum atomic E-state index is 14.0. The summed E-state index contributed by atoms with van der Waals surface area (Å²) < 4.78 is 13.5. The van der Waals surface area contributed by atoms with Crippen molar-refractivity contribution in [3.8, 4) is 0 Å². The fourth-order valence-electron chi connectivity index (χ4n) is 12.4. The largest absolute Gasteiger partial charge is 0.481 e. The number of benzene rings is 2. The first-order chi connectivity index (χ1) is 33.8. The van der Waals surface area contributed by atoms with Crippen molar-refractivity contribution >= 4 is 52.8 Å². The number of ether oxygens (including phenoxy) is 2. The monoisotopic (exact) mass is 996 g/mol. The number of hydrogen-bond donors (Lipinski definition) is 7. The SMILES string of the molecule is C/C=C1\C=C[C@@]2(C)C(=C1)CC[C@@H]1C2[C@@H](O)C[C@@]2(C)C1C[C@H]1O[C@@H](c3ccc(Cc4cccc(NC(=O)[C@H](C)NC(=O)[C@H](C)NC(=O)CCNC(=O)C(CC(=O)O)SC(C)CCC)c4)cc3)O[C@]12C(=O)CO. The number of amides is 4. The normalized spacial score (nSPS) is 30.5. The van der Waals surface area contributed by atoms with Crippen LogP contribution in [0.1, 0.15) is 123 Å². The number of carbonyl (C=O) groups excluding carboxylic acids is 5. The number of ketones is 1. The number of nitrogens with one attached hydrogen (secondary N) is 4. The lowest BCUT2D eigenvalue weighted by molar-refractivity contribution is -0.201. The van der Waals surface area contributed by atoms with Gasteiger partial charge in [0, 0.05) is 46.2 Å². The second kappa shape index (κ2) is 22.3. The number of hydrogen-bond acceptors (Lipinski definition) is 11. The lowest BCUT2D eigenvalue weighted by Crippen LogP contribution is -2.63. The van der Waals surface area contributed by atoms with Gasteiger partial charge in [0.2, 0.25) is 23.6 Å². The summed E-state index contributed by atoms with van der Waals surface area (Å²) in [5.41, 5.74) is 3.21. The quantitative estimate of drug-likeness (QED) is 0.0757. The van der Waals surface area contributed by atoms with E-state index in [2.05, 4.69) is 59.4 Å². The van der Waals surface area contributed by atoms with E-state index >= 15 is 0 Å². The summed E-state index contributed by atoms with van der Waals surface area (Å²) in [7, 11) is 0. The van der Waals surface area contributed by atoms with Crippen LogP contribution >= 0.6 is 11.8 Å². The van der Waals surface area contributed by atoms with Crippen molar-refractivity contribution in [1.82, 2.24) is 16.0 Å². The number of rotatable bonds is 20. The van der Waals surface area contributed by atoms with Crippen LogP contribution in [0.5, 0.6) is 0 Å². The molecular weight excluding hydrogens is 925 g/mol. The summed E-state index contributed by atoms with van der Waals surface area (Å²) in [4.78, 5) is 76.9. The molecule has 7 rings (SSSR count). The van der Waals surface area contributed by atoms with E-state index in [0.717, 1.165) is 42.4 Å². The lowest BCUT2D eigenvalue weighted by atomic mass is 9.46. The van der Waals surface area contributed by atoms with Crippen LogP contribution in [0.4, 0.5) is 5.69 Å². The molecule has 71 heavy (non-hydrogen) atoms. The van der Waals surface area contributed by atoms with Gasteiger partial charge in [0.05, 0.1) is 23.9 Å². The average Bonchev–Trinajstić information content (AvgIpc) is 3.83. The summed E-state index contributed by atoms with van der Waals surface area (Å²) in [6.45, 7) is 12.6. The summed E-state index contributed by atoms with van der Waals surface area (Å²) in [5, 5.41) is 41.8. The van der Waals surface area contributed by atoms with Gasteiger partial charge in [0.1, 0.15) is 18.7 Å². The Balaban J connectivity index is 0.904. The molecule has 5 aliphatic rings. The van der Waals surface area contributed by atoms with Gasteiger partial charge >= 0.3 is 5.97 Å². The Hall–Kier alpha value is -5.13. The third-order valence-electron chi connectivity index (χ3n) is 16.0. The Kier molecular flexibility index (Phi) is 16.9. The standard InChI is InChI=1S/C55H72N4O11S/c1-8-11-31(3)71-43(28-47(64)65)51(68)56-23-21-46(63)57-32(4)49(66)58-33(5)50(67)59-39-13-10-12-36(26-39)24-35-14-16-37(17-15-35)52-69-45-27-41-40-19-18-38-25-34(9-2)20-22-53(38,6)48(40)42(61)29-54(41,7)55(45,70-52)44(62)30-60/h9-10,12-17,20,22,25-26,31-33,40-43,45,48,52,60-61H,8,11,18-19,21,23-24,27-30H2,1-7H3,(H,56,68)(H,57,63)(H,58,66)(H,59,67)(H,64,65)/b34-9+/t31?,32-,33-,40-,41?,42-,43?,45+,48?,52+,53-,54-,55+/m0/s1. The predicted octanol–water partition coefficient (Wildman–Crippen LogP) is 6.48. The molecule has 4 unspecified atom stereocenters. The van der Waals surface area contributed by atoms with E-state index in [1.54, 1.807) is 6.07 Å². The van der Waals surface area contributed by atoms with Gasteiger partial charge in [-0.15, -0.1) is 11.8 Å². The Morgan fingerprint density at radius 3 is 2.38 bits per heavy atom. The van der Waals surface area contributed by atoms with Gasteiger partial charge in [0.25, 0.3) is 0 Å². The number of allylic oxidation sites excluding steroid dienone is 6. The predicted molar refractivity (Wildman–Crippen MR) is 271 cm³/mol. The van der Waals surface area contributed by atoms with Crippen molar-refractivity contribution < 1.29 is 53.6 Å². The molecule has 2 aromatic rings. The van der Waals surface area contributed by atoms with Crippen molar-refractivity contribution in [1.29, 1.82) is 0 Å². The van der Waals surface area contributed by atoms with Crippen LogP contribution in [0.3, 0.4) is 0 Å². The smallest absolute Gasteiger partial charge is 0.305 e. The number of fused-ring (bicyclic) bond motifs is 7. The van der Waals surface area contributed by atoms with Crippen molar-refractivity contribution in [3.05, 3.63) is 101 Å². The first kappa shape index (κ1) is 53.7. The van der Waals surface area contributed by atoms with Crippen LogP contribution in [0, 0.1) is 28.6 Å². The van der Waals surface area contributed by atoms with Crippen LogP contribution in [-0.4, -0.2) is 104 Å². The molecule has 0 bridgehead atoms. The number of carboxylic acids is 1. The highest BCUT2D eigenvalue weighted by Gasteiger charge is 2.76. The maximum Gasteiger partial charge on any atom is 0.305 e. The van der Waals surface area contributed by atoms with Crippen LogP contribution in [0.15, 0.2) is 84.0 Å². The number of aliphatic hydroxyl groups is 2. The van der Waals surface area contributed by atoms with E-state index in [9.17, 15) is 44.1 Å². The van der Waals surface area contributed by atoms with Crippen LogP contribution in [-0.2, 0) is 44.7 Å². The summed E-state index contributed by atoms with van der Waals surface area (Å²) in [6.07, 6.45) is 11.3. The Labute approximate surface area is 421 Å². The van der Waals surface area contributed by atoms with Gasteiger partial charge in [-0.25, -0.2) is 0 Å². The van der Waals surface area contributed by atoms with Gasteiger partial charge < -0.3 is 46.1 Å². The molecule has 1 heterocycles. The number of thioether (sulfide) groups is 1. The molecule has 0 spiro atoms. The van der Waals surface area contributed by atoms with Crippen LogP contribution in [0.2, 0.25) is 0 Å². The Morgan fingerprint density at radius 2 is 1.69 bits per heavy atom.